The Kier molecular flexibility index (Phi) is 5.45. The number of benzene rings is 1. The molecule has 1 aromatic carbocycles. The van der Waals surface area contributed by atoms with E-state index in [0.717, 1.165) is 5.56 Å². The monoisotopic (exact) mass is 256 g/mol. The highest BCUT2D eigenvalue weighted by Gasteiger charge is 2.34. The number of ether oxygens (including phenoxy) is 2. The zero-order valence-corrected chi connectivity index (χ0v) is 10.9. The quantitative estimate of drug-likeness (QED) is 0.580. The lowest BCUT2D eigenvalue weighted by molar-refractivity contribution is -0.169. The third kappa shape index (κ3) is 4.02. The van der Waals surface area contributed by atoms with Gasteiger partial charge in [-0.2, -0.15) is 0 Å². The van der Waals surface area contributed by atoms with Crippen LogP contribution in [-0.4, -0.2) is 24.6 Å². The molecule has 3 nitrogen and oxygen atoms in total. The summed E-state index contributed by atoms with van der Waals surface area (Å²) in [5, 5.41) is 0. The molecule has 1 unspecified atom stereocenters. The van der Waals surface area contributed by atoms with Crippen molar-refractivity contribution in [3.63, 3.8) is 0 Å². The molecule has 0 bridgehead atoms. The van der Waals surface area contributed by atoms with Crippen LogP contribution in [0.3, 0.4) is 0 Å². The Morgan fingerprint density at radius 1 is 1.35 bits per heavy atom. The highest BCUT2D eigenvalue weighted by atomic mass is 35.5. The molecule has 94 valence electrons. The van der Waals surface area contributed by atoms with E-state index in [0.29, 0.717) is 18.9 Å². The first-order chi connectivity index (χ1) is 8.12. The lowest BCUT2D eigenvalue weighted by Gasteiger charge is -2.26. The van der Waals surface area contributed by atoms with Gasteiger partial charge in [-0.25, -0.2) is 4.79 Å². The first-order valence-corrected chi connectivity index (χ1v) is 5.98. The van der Waals surface area contributed by atoms with Gasteiger partial charge in [-0.15, -0.1) is 11.6 Å². The minimum absolute atomic E-state index is 0.348. The fourth-order valence-corrected chi connectivity index (χ4v) is 1.81. The SMILES string of the molecule is COC(=O)C(C)(CCCl)OCc1ccccc1. The number of carbonyl (C=O) groups is 1. The van der Waals surface area contributed by atoms with Gasteiger partial charge in [-0.3, -0.25) is 0 Å². The van der Waals surface area contributed by atoms with E-state index in [9.17, 15) is 4.79 Å². The fourth-order valence-electron chi connectivity index (χ4n) is 1.45. The Morgan fingerprint density at radius 3 is 2.53 bits per heavy atom. The zero-order chi connectivity index (χ0) is 12.7. The summed E-state index contributed by atoms with van der Waals surface area (Å²) in [5.41, 5.74) is 0.0315. The molecular weight excluding hydrogens is 240 g/mol. The van der Waals surface area contributed by atoms with Crippen LogP contribution in [0.1, 0.15) is 18.9 Å². The molecule has 0 heterocycles. The normalized spacial score (nSPS) is 14.1. The summed E-state index contributed by atoms with van der Waals surface area (Å²) >= 11 is 5.68. The maximum absolute atomic E-state index is 11.6. The Morgan fingerprint density at radius 2 is 2.00 bits per heavy atom. The van der Waals surface area contributed by atoms with E-state index in [1.54, 1.807) is 6.92 Å². The van der Waals surface area contributed by atoms with Gasteiger partial charge in [0, 0.05) is 12.3 Å². The molecule has 17 heavy (non-hydrogen) atoms. The van der Waals surface area contributed by atoms with Crippen molar-refractivity contribution in [1.29, 1.82) is 0 Å². The Bertz CT molecular complexity index is 353. The van der Waals surface area contributed by atoms with Crippen LogP contribution in [0.2, 0.25) is 0 Å². The average molecular weight is 257 g/mol. The molecule has 0 radical (unpaired) electrons. The van der Waals surface area contributed by atoms with E-state index in [1.165, 1.54) is 7.11 Å². The van der Waals surface area contributed by atoms with E-state index in [2.05, 4.69) is 0 Å². The smallest absolute Gasteiger partial charge is 0.337 e. The predicted octanol–water partition coefficient (Wildman–Crippen LogP) is 2.76. The van der Waals surface area contributed by atoms with Gasteiger partial charge in [0.15, 0.2) is 5.60 Å². The van der Waals surface area contributed by atoms with E-state index in [1.807, 2.05) is 30.3 Å². The summed E-state index contributed by atoms with van der Waals surface area (Å²) in [6, 6.07) is 9.67. The number of alkyl halides is 1. The molecule has 0 aliphatic rings. The molecule has 0 saturated heterocycles. The number of halogens is 1. The number of hydrogen-bond donors (Lipinski definition) is 0. The van der Waals surface area contributed by atoms with Crippen molar-refractivity contribution < 1.29 is 14.3 Å². The van der Waals surface area contributed by atoms with Gasteiger partial charge in [0.05, 0.1) is 13.7 Å². The molecule has 0 aliphatic heterocycles. The summed E-state index contributed by atoms with van der Waals surface area (Å²) in [7, 11) is 1.35. The standard InChI is InChI=1S/C13H17ClO3/c1-13(8-9-14,12(15)16-2)17-10-11-6-4-3-5-7-11/h3-7H,8-10H2,1-2H3. The molecule has 4 heteroatoms. The van der Waals surface area contributed by atoms with Gasteiger partial charge in [0.2, 0.25) is 0 Å². The molecular formula is C13H17ClO3. The van der Waals surface area contributed by atoms with Gasteiger partial charge in [-0.05, 0) is 12.5 Å². The van der Waals surface area contributed by atoms with Crippen molar-refractivity contribution in [2.24, 2.45) is 0 Å². The Balaban J connectivity index is 2.64. The van der Waals surface area contributed by atoms with Crippen molar-refractivity contribution in [1.82, 2.24) is 0 Å². The van der Waals surface area contributed by atoms with Crippen molar-refractivity contribution >= 4 is 17.6 Å². The van der Waals surface area contributed by atoms with Crippen LogP contribution in [0.25, 0.3) is 0 Å². The zero-order valence-electron chi connectivity index (χ0n) is 10.1. The second-order valence-electron chi connectivity index (χ2n) is 3.94. The molecule has 1 rings (SSSR count). The highest BCUT2D eigenvalue weighted by molar-refractivity contribution is 6.18. The summed E-state index contributed by atoms with van der Waals surface area (Å²) < 4.78 is 10.4. The summed E-state index contributed by atoms with van der Waals surface area (Å²) in [6.45, 7) is 2.06. The van der Waals surface area contributed by atoms with E-state index in [4.69, 9.17) is 21.1 Å². The third-order valence-corrected chi connectivity index (χ3v) is 2.78. The van der Waals surface area contributed by atoms with Crippen LogP contribution in [0.4, 0.5) is 0 Å². The van der Waals surface area contributed by atoms with Crippen LogP contribution in [0.5, 0.6) is 0 Å². The van der Waals surface area contributed by atoms with Crippen LogP contribution in [0, 0.1) is 0 Å². The summed E-state index contributed by atoms with van der Waals surface area (Å²) in [4.78, 5) is 11.6. The highest BCUT2D eigenvalue weighted by Crippen LogP contribution is 2.20. The summed E-state index contributed by atoms with van der Waals surface area (Å²) in [5.74, 6) is -0.0468. The van der Waals surface area contributed by atoms with Crippen molar-refractivity contribution in [3.8, 4) is 0 Å². The minimum Gasteiger partial charge on any atom is -0.467 e. The van der Waals surface area contributed by atoms with E-state index < -0.39 is 11.6 Å². The Labute approximate surface area is 107 Å². The molecule has 0 aliphatic carbocycles. The molecule has 0 N–H and O–H groups in total. The van der Waals surface area contributed by atoms with Crippen LogP contribution in [-0.2, 0) is 20.9 Å². The second kappa shape index (κ2) is 6.62. The predicted molar refractivity (Wildman–Crippen MR) is 67.0 cm³/mol. The molecule has 0 fully saturated rings. The third-order valence-electron chi connectivity index (χ3n) is 2.59. The van der Waals surface area contributed by atoms with Crippen molar-refractivity contribution in [3.05, 3.63) is 35.9 Å². The van der Waals surface area contributed by atoms with Crippen LogP contribution in [0.15, 0.2) is 30.3 Å². The molecule has 0 saturated carbocycles. The largest absolute Gasteiger partial charge is 0.467 e. The molecule has 1 atom stereocenters. The number of hydrogen-bond acceptors (Lipinski definition) is 3. The molecule has 1 aromatic rings. The average Bonchev–Trinajstić information content (AvgIpc) is 2.37. The number of esters is 1. The molecule has 0 amide bonds. The second-order valence-corrected chi connectivity index (χ2v) is 4.31. The molecule has 0 aromatic heterocycles. The van der Waals surface area contributed by atoms with Crippen LogP contribution < -0.4 is 0 Å². The van der Waals surface area contributed by atoms with E-state index in [-0.39, 0.29) is 0 Å². The van der Waals surface area contributed by atoms with Crippen molar-refractivity contribution in [2.75, 3.05) is 13.0 Å². The lowest BCUT2D eigenvalue weighted by atomic mass is 10.0. The number of carbonyl (C=O) groups excluding carboxylic acids is 1. The molecule has 0 spiro atoms. The van der Waals surface area contributed by atoms with Gasteiger partial charge in [0.1, 0.15) is 0 Å². The lowest BCUT2D eigenvalue weighted by Crippen LogP contribution is -2.39. The maximum atomic E-state index is 11.6. The van der Waals surface area contributed by atoms with Gasteiger partial charge in [-0.1, -0.05) is 30.3 Å². The van der Waals surface area contributed by atoms with Crippen molar-refractivity contribution in [2.45, 2.75) is 25.6 Å². The van der Waals surface area contributed by atoms with Gasteiger partial charge < -0.3 is 9.47 Å². The number of methoxy groups -OCH3 is 1. The Hall–Kier alpha value is -1.06. The van der Waals surface area contributed by atoms with Gasteiger partial charge >= 0.3 is 5.97 Å². The number of rotatable bonds is 6. The van der Waals surface area contributed by atoms with Gasteiger partial charge in [0.25, 0.3) is 0 Å². The topological polar surface area (TPSA) is 35.5 Å². The summed E-state index contributed by atoms with van der Waals surface area (Å²) in [6.07, 6.45) is 0.425. The fraction of sp³-hybridized carbons (Fsp3) is 0.462. The van der Waals surface area contributed by atoms with E-state index >= 15 is 0 Å². The first kappa shape index (κ1) is 14.0. The van der Waals surface area contributed by atoms with Crippen LogP contribution >= 0.6 is 11.6 Å². The maximum Gasteiger partial charge on any atom is 0.337 e. The first-order valence-electron chi connectivity index (χ1n) is 5.44. The minimum atomic E-state index is -0.980.